The van der Waals surface area contributed by atoms with Crippen molar-refractivity contribution in [3.63, 3.8) is 0 Å². The van der Waals surface area contributed by atoms with E-state index in [-0.39, 0.29) is 12.1 Å². The molecule has 1 saturated heterocycles. The SMILES string of the molecule is C1CC2CC3CCCC3SSC2C1.CC(C)N(C(C)C)P(O)OCCC#N. The lowest BCUT2D eigenvalue weighted by molar-refractivity contribution is 0.215. The molecular weight excluding hydrogens is 395 g/mol. The summed E-state index contributed by atoms with van der Waals surface area (Å²) in [5.41, 5.74) is 0. The minimum Gasteiger partial charge on any atom is -0.338 e. The minimum absolute atomic E-state index is 0.244. The first kappa shape index (κ1) is 23.8. The van der Waals surface area contributed by atoms with Crippen molar-refractivity contribution in [1.29, 1.82) is 5.26 Å². The molecule has 27 heavy (non-hydrogen) atoms. The normalized spacial score (nSPS) is 31.1. The Kier molecular flexibility index (Phi) is 10.8. The van der Waals surface area contributed by atoms with Crippen molar-refractivity contribution in [2.75, 3.05) is 6.61 Å². The van der Waals surface area contributed by atoms with E-state index in [2.05, 4.69) is 21.6 Å². The molecule has 5 atom stereocenters. The molecule has 0 amide bonds. The Morgan fingerprint density at radius 2 is 1.56 bits per heavy atom. The van der Waals surface area contributed by atoms with Gasteiger partial charge in [0.05, 0.1) is 19.1 Å². The Hall–Kier alpha value is 0.500. The van der Waals surface area contributed by atoms with Gasteiger partial charge in [0.15, 0.2) is 0 Å². The molecule has 0 aromatic rings. The van der Waals surface area contributed by atoms with Gasteiger partial charge < -0.3 is 9.42 Å². The van der Waals surface area contributed by atoms with Crippen LogP contribution in [0.3, 0.4) is 0 Å². The third-order valence-electron chi connectivity index (χ3n) is 5.76. The highest BCUT2D eigenvalue weighted by atomic mass is 33.1. The summed E-state index contributed by atoms with van der Waals surface area (Å²) >= 11 is 0. The summed E-state index contributed by atoms with van der Waals surface area (Å²) in [4.78, 5) is 9.74. The summed E-state index contributed by atoms with van der Waals surface area (Å²) in [7, 11) is 2.94. The summed E-state index contributed by atoms with van der Waals surface area (Å²) in [6.07, 6.45) is 11.0. The maximum atomic E-state index is 9.74. The van der Waals surface area contributed by atoms with Gasteiger partial charge in [-0.1, -0.05) is 34.4 Å². The monoisotopic (exact) mass is 432 g/mol. The first-order valence-electron chi connectivity index (χ1n) is 10.5. The number of fused-ring (bicyclic) bond motifs is 2. The molecule has 0 radical (unpaired) electrons. The molecule has 3 aliphatic rings. The predicted molar refractivity (Wildman–Crippen MR) is 119 cm³/mol. The number of hydrogen-bond acceptors (Lipinski definition) is 6. The lowest BCUT2D eigenvalue weighted by atomic mass is 9.92. The molecule has 2 saturated carbocycles. The van der Waals surface area contributed by atoms with Crippen molar-refractivity contribution in [2.45, 2.75) is 102 Å². The standard InChI is InChI=1S/C11H18S2.C9H19N2O2P/c1-3-8-7-9-4-2-6-11(9)13-12-10(8)5-1;1-8(2)11(9(3)4)14(12)13-7-5-6-10/h8-11H,1-7H2;8-9,12H,5,7H2,1-4H3. The highest BCUT2D eigenvalue weighted by Gasteiger charge is 2.39. The number of hydrogen-bond donors (Lipinski definition) is 1. The zero-order valence-corrected chi connectivity index (χ0v) is 19.9. The molecule has 0 bridgehead atoms. The fourth-order valence-electron chi connectivity index (χ4n) is 4.56. The van der Waals surface area contributed by atoms with E-state index in [0.717, 1.165) is 22.3 Å². The molecule has 5 unspecified atom stereocenters. The zero-order valence-electron chi connectivity index (χ0n) is 17.3. The molecule has 156 valence electrons. The van der Waals surface area contributed by atoms with Gasteiger partial charge in [-0.15, -0.1) is 0 Å². The quantitative estimate of drug-likeness (QED) is 0.299. The Morgan fingerprint density at radius 3 is 2.00 bits per heavy atom. The summed E-state index contributed by atoms with van der Waals surface area (Å²) in [6.45, 7) is 8.35. The maximum Gasteiger partial charge on any atom is 0.256 e. The van der Waals surface area contributed by atoms with Crippen LogP contribution in [0.4, 0.5) is 0 Å². The Bertz CT molecular complexity index is 447. The van der Waals surface area contributed by atoms with E-state index < -0.39 is 8.53 Å². The molecule has 0 aromatic heterocycles. The maximum absolute atomic E-state index is 9.74. The molecular formula is C20H37N2O2PS2. The van der Waals surface area contributed by atoms with Gasteiger partial charge in [0.1, 0.15) is 0 Å². The highest BCUT2D eigenvalue weighted by Crippen LogP contribution is 2.54. The summed E-state index contributed by atoms with van der Waals surface area (Å²) in [5.74, 6) is 2.20. The van der Waals surface area contributed by atoms with Gasteiger partial charge in [-0.2, -0.15) is 5.26 Å². The van der Waals surface area contributed by atoms with Crippen LogP contribution < -0.4 is 0 Å². The lowest BCUT2D eigenvalue weighted by Crippen LogP contribution is -2.32. The second kappa shape index (κ2) is 12.3. The van der Waals surface area contributed by atoms with E-state index in [1.165, 1.54) is 25.7 Å². The number of nitrogens with zero attached hydrogens (tertiary/aromatic N) is 2. The molecule has 1 aliphatic heterocycles. The number of rotatable bonds is 6. The topological polar surface area (TPSA) is 56.5 Å². The molecule has 3 rings (SSSR count). The van der Waals surface area contributed by atoms with Gasteiger partial charge in [0, 0.05) is 22.6 Å². The van der Waals surface area contributed by atoms with E-state index in [9.17, 15) is 4.89 Å². The third-order valence-corrected chi connectivity index (χ3v) is 11.2. The first-order valence-corrected chi connectivity index (χ1v) is 14.0. The highest BCUT2D eigenvalue weighted by molar-refractivity contribution is 8.77. The van der Waals surface area contributed by atoms with Crippen molar-refractivity contribution in [1.82, 2.24) is 4.67 Å². The zero-order chi connectivity index (χ0) is 19.8. The van der Waals surface area contributed by atoms with Crippen LogP contribution in [0, 0.1) is 23.2 Å². The molecule has 0 spiro atoms. The Balaban J connectivity index is 0.000000193. The lowest BCUT2D eigenvalue weighted by Gasteiger charge is -2.32. The first-order chi connectivity index (χ1) is 12.9. The van der Waals surface area contributed by atoms with E-state index in [0.29, 0.717) is 13.0 Å². The van der Waals surface area contributed by atoms with Crippen molar-refractivity contribution < 1.29 is 9.42 Å². The molecule has 2 aliphatic carbocycles. The summed E-state index contributed by atoms with van der Waals surface area (Å²) < 4.78 is 7.10. The average Bonchev–Trinajstić information content (AvgIpc) is 3.20. The van der Waals surface area contributed by atoms with E-state index >= 15 is 0 Å². The fourth-order valence-corrected chi connectivity index (χ4v) is 9.74. The molecule has 1 heterocycles. The molecule has 0 aromatic carbocycles. The largest absolute Gasteiger partial charge is 0.338 e. The fraction of sp³-hybridized carbons (Fsp3) is 0.950. The van der Waals surface area contributed by atoms with Crippen LogP contribution in [0.15, 0.2) is 0 Å². The van der Waals surface area contributed by atoms with Crippen LogP contribution in [0.5, 0.6) is 0 Å². The van der Waals surface area contributed by atoms with Crippen LogP contribution in [-0.4, -0.2) is 38.8 Å². The van der Waals surface area contributed by atoms with E-state index in [4.69, 9.17) is 9.79 Å². The molecule has 4 nitrogen and oxygen atoms in total. The Morgan fingerprint density at radius 1 is 1.04 bits per heavy atom. The molecule has 1 N–H and O–H groups in total. The van der Waals surface area contributed by atoms with Crippen LogP contribution in [0.2, 0.25) is 0 Å². The van der Waals surface area contributed by atoms with Crippen molar-refractivity contribution in [3.05, 3.63) is 0 Å². The smallest absolute Gasteiger partial charge is 0.256 e. The second-order valence-corrected chi connectivity index (χ2v) is 12.4. The predicted octanol–water partition coefficient (Wildman–Crippen LogP) is 6.36. The third kappa shape index (κ3) is 7.36. The summed E-state index contributed by atoms with van der Waals surface area (Å²) in [5, 5.41) is 10.4. The van der Waals surface area contributed by atoms with Crippen molar-refractivity contribution in [2.24, 2.45) is 11.8 Å². The van der Waals surface area contributed by atoms with Crippen molar-refractivity contribution >= 4 is 30.1 Å². The van der Waals surface area contributed by atoms with Gasteiger partial charge in [0.2, 0.25) is 0 Å². The van der Waals surface area contributed by atoms with Crippen LogP contribution >= 0.6 is 30.1 Å². The molecule has 7 heteroatoms. The Labute approximate surface area is 175 Å². The van der Waals surface area contributed by atoms with Gasteiger partial charge in [0.25, 0.3) is 8.53 Å². The van der Waals surface area contributed by atoms with E-state index in [1.807, 2.05) is 38.4 Å². The minimum atomic E-state index is -1.55. The summed E-state index contributed by atoms with van der Waals surface area (Å²) in [6, 6.07) is 2.46. The van der Waals surface area contributed by atoms with Crippen LogP contribution in [0.25, 0.3) is 0 Å². The van der Waals surface area contributed by atoms with Gasteiger partial charge in [-0.3, -0.25) is 0 Å². The number of nitriles is 1. The second-order valence-electron chi connectivity index (χ2n) is 8.45. The van der Waals surface area contributed by atoms with Gasteiger partial charge in [-0.05, 0) is 71.6 Å². The van der Waals surface area contributed by atoms with Gasteiger partial charge in [-0.25, -0.2) is 4.67 Å². The average molecular weight is 433 g/mol. The van der Waals surface area contributed by atoms with E-state index in [1.54, 1.807) is 19.3 Å². The molecule has 3 fully saturated rings. The van der Waals surface area contributed by atoms with Gasteiger partial charge >= 0.3 is 0 Å². The van der Waals surface area contributed by atoms with Crippen LogP contribution in [-0.2, 0) is 4.52 Å². The van der Waals surface area contributed by atoms with Crippen molar-refractivity contribution in [3.8, 4) is 6.07 Å². The van der Waals surface area contributed by atoms with Crippen LogP contribution in [0.1, 0.15) is 79.1 Å².